The van der Waals surface area contributed by atoms with Crippen LogP contribution in [0, 0.1) is 19.8 Å². The second-order valence-electron chi connectivity index (χ2n) is 7.11. The molecule has 0 radical (unpaired) electrons. The predicted octanol–water partition coefficient (Wildman–Crippen LogP) is 3.30. The summed E-state index contributed by atoms with van der Waals surface area (Å²) in [6.07, 6.45) is 3.79. The molecule has 2 N–H and O–H groups in total. The van der Waals surface area contributed by atoms with E-state index in [0.717, 1.165) is 36.1 Å². The number of aryl methyl sites for hydroxylation is 2. The number of nitrogens with one attached hydrogen (secondary N) is 2. The van der Waals surface area contributed by atoms with Crippen molar-refractivity contribution in [2.45, 2.75) is 33.9 Å². The fourth-order valence-corrected chi connectivity index (χ4v) is 3.20. The number of aromatic nitrogens is 4. The number of aliphatic imine (C=N–C) groups is 1. The molecule has 2 aromatic heterocycles. The topological polar surface area (TPSA) is 72.1 Å². The van der Waals surface area contributed by atoms with Gasteiger partial charge in [0.05, 0.1) is 11.4 Å². The van der Waals surface area contributed by atoms with Gasteiger partial charge in [0.15, 0.2) is 5.96 Å². The average Bonchev–Trinajstić information content (AvgIpc) is 3.31. The lowest BCUT2D eigenvalue weighted by atomic mass is 10.1. The van der Waals surface area contributed by atoms with Crippen molar-refractivity contribution in [3.63, 3.8) is 0 Å². The Hall–Kier alpha value is -2.36. The minimum Gasteiger partial charge on any atom is -0.356 e. The van der Waals surface area contributed by atoms with Crippen molar-refractivity contribution in [3.8, 4) is 5.69 Å². The van der Waals surface area contributed by atoms with E-state index in [4.69, 9.17) is 0 Å². The van der Waals surface area contributed by atoms with Gasteiger partial charge in [0.2, 0.25) is 0 Å². The summed E-state index contributed by atoms with van der Waals surface area (Å²) in [5.41, 5.74) is 4.40. The Bertz CT molecular complexity index is 915. The highest BCUT2D eigenvalue weighted by Gasteiger charge is 2.10. The van der Waals surface area contributed by atoms with Crippen LogP contribution in [-0.4, -0.2) is 39.1 Å². The van der Waals surface area contributed by atoms with Crippen LogP contribution < -0.4 is 10.6 Å². The number of guanidine groups is 1. The molecule has 1 atom stereocenters. The smallest absolute Gasteiger partial charge is 0.191 e. The Labute approximate surface area is 189 Å². The van der Waals surface area contributed by atoms with Gasteiger partial charge < -0.3 is 10.6 Å². The van der Waals surface area contributed by atoms with Gasteiger partial charge in [-0.1, -0.05) is 25.1 Å². The lowest BCUT2D eigenvalue weighted by molar-refractivity contribution is 0.443. The first kappa shape index (κ1) is 22.9. The van der Waals surface area contributed by atoms with Crippen molar-refractivity contribution < 1.29 is 0 Å². The van der Waals surface area contributed by atoms with Crippen LogP contribution in [-0.2, 0) is 13.1 Å². The molecule has 0 aliphatic rings. The molecule has 0 spiro atoms. The Morgan fingerprint density at radius 3 is 2.62 bits per heavy atom. The van der Waals surface area contributed by atoms with Crippen LogP contribution in [0.2, 0.25) is 0 Å². The van der Waals surface area contributed by atoms with E-state index < -0.39 is 0 Å². The van der Waals surface area contributed by atoms with Gasteiger partial charge in [0, 0.05) is 44.8 Å². The first-order valence-electron chi connectivity index (χ1n) is 9.60. The Kier molecular flexibility index (Phi) is 8.69. The largest absolute Gasteiger partial charge is 0.356 e. The molecule has 0 aliphatic heterocycles. The molecule has 0 bridgehead atoms. The summed E-state index contributed by atoms with van der Waals surface area (Å²) in [6.45, 7) is 8.64. The van der Waals surface area contributed by atoms with E-state index in [1.165, 1.54) is 5.56 Å². The van der Waals surface area contributed by atoms with Gasteiger partial charge in [-0.3, -0.25) is 9.67 Å². The number of rotatable bonds is 7. The van der Waals surface area contributed by atoms with Gasteiger partial charge in [-0.15, -0.1) is 24.0 Å². The number of hydrogen-bond acceptors (Lipinski definition) is 3. The molecule has 0 fully saturated rings. The SMILES string of the molecule is CN=C(NCc1ccccc1-n1nc(C)cc1C)NCC(C)Cn1cccn1.I. The summed E-state index contributed by atoms with van der Waals surface area (Å²) in [5.74, 6) is 1.22. The fraction of sp³-hybridized carbons (Fsp3) is 0.381. The molecule has 3 rings (SSSR count). The Balaban J connectivity index is 0.00000300. The van der Waals surface area contributed by atoms with Crippen LogP contribution >= 0.6 is 24.0 Å². The molecular weight excluding hydrogens is 477 g/mol. The van der Waals surface area contributed by atoms with Crippen LogP contribution in [0.25, 0.3) is 5.69 Å². The molecule has 156 valence electrons. The van der Waals surface area contributed by atoms with Crippen molar-refractivity contribution in [2.24, 2.45) is 10.9 Å². The Morgan fingerprint density at radius 1 is 1.17 bits per heavy atom. The lowest BCUT2D eigenvalue weighted by Gasteiger charge is -2.17. The van der Waals surface area contributed by atoms with Gasteiger partial charge in [-0.2, -0.15) is 10.2 Å². The molecular formula is C21H30IN7. The number of hydrogen-bond donors (Lipinski definition) is 2. The summed E-state index contributed by atoms with van der Waals surface area (Å²) < 4.78 is 3.95. The third-order valence-electron chi connectivity index (χ3n) is 4.58. The van der Waals surface area contributed by atoms with Gasteiger partial charge >= 0.3 is 0 Å². The highest BCUT2D eigenvalue weighted by Crippen LogP contribution is 2.16. The molecule has 0 saturated carbocycles. The van der Waals surface area contributed by atoms with Gasteiger partial charge in [0.25, 0.3) is 0 Å². The van der Waals surface area contributed by atoms with Crippen molar-refractivity contribution in [1.29, 1.82) is 0 Å². The monoisotopic (exact) mass is 507 g/mol. The maximum Gasteiger partial charge on any atom is 0.191 e. The fourth-order valence-electron chi connectivity index (χ4n) is 3.20. The second-order valence-corrected chi connectivity index (χ2v) is 7.11. The third kappa shape index (κ3) is 6.31. The van der Waals surface area contributed by atoms with Crippen molar-refractivity contribution in [1.82, 2.24) is 30.2 Å². The average molecular weight is 507 g/mol. The molecule has 7 nitrogen and oxygen atoms in total. The molecule has 1 aromatic carbocycles. The zero-order valence-corrected chi connectivity index (χ0v) is 19.8. The summed E-state index contributed by atoms with van der Waals surface area (Å²) >= 11 is 0. The molecule has 1 unspecified atom stereocenters. The highest BCUT2D eigenvalue weighted by molar-refractivity contribution is 14.0. The number of nitrogens with zero attached hydrogens (tertiary/aromatic N) is 5. The van der Waals surface area contributed by atoms with Crippen molar-refractivity contribution in [2.75, 3.05) is 13.6 Å². The first-order chi connectivity index (χ1) is 13.6. The maximum absolute atomic E-state index is 4.62. The van der Waals surface area contributed by atoms with Crippen LogP contribution in [0.15, 0.2) is 53.8 Å². The van der Waals surface area contributed by atoms with Crippen molar-refractivity contribution >= 4 is 29.9 Å². The molecule has 3 aromatic rings. The lowest BCUT2D eigenvalue weighted by Crippen LogP contribution is -2.39. The number of halogens is 1. The third-order valence-corrected chi connectivity index (χ3v) is 4.58. The minimum absolute atomic E-state index is 0. The van der Waals surface area contributed by atoms with Crippen LogP contribution in [0.1, 0.15) is 23.9 Å². The van der Waals surface area contributed by atoms with E-state index in [2.05, 4.69) is 63.9 Å². The van der Waals surface area contributed by atoms with E-state index >= 15 is 0 Å². The molecule has 0 amide bonds. The van der Waals surface area contributed by atoms with Crippen LogP contribution in [0.5, 0.6) is 0 Å². The normalized spacial score (nSPS) is 12.3. The van der Waals surface area contributed by atoms with Crippen LogP contribution in [0.4, 0.5) is 0 Å². The quantitative estimate of drug-likeness (QED) is 0.293. The summed E-state index contributed by atoms with van der Waals surface area (Å²) in [4.78, 5) is 4.35. The number of benzene rings is 1. The molecule has 0 aliphatic carbocycles. The second kappa shape index (κ2) is 11.0. The van der Waals surface area contributed by atoms with Crippen molar-refractivity contribution in [3.05, 3.63) is 65.7 Å². The Morgan fingerprint density at radius 2 is 1.97 bits per heavy atom. The van der Waals surface area contributed by atoms with E-state index in [0.29, 0.717) is 12.5 Å². The van der Waals surface area contributed by atoms with E-state index in [1.807, 2.05) is 34.6 Å². The van der Waals surface area contributed by atoms with Gasteiger partial charge in [0.1, 0.15) is 0 Å². The zero-order valence-electron chi connectivity index (χ0n) is 17.5. The standard InChI is InChI=1S/C21H29N7.HI/c1-16(15-27-11-7-10-25-27)13-23-21(22-4)24-14-19-8-5-6-9-20(19)28-18(3)12-17(2)26-28;/h5-12,16H,13-15H2,1-4H3,(H2,22,23,24);1H. The summed E-state index contributed by atoms with van der Waals surface area (Å²) in [6, 6.07) is 12.3. The highest BCUT2D eigenvalue weighted by atomic mass is 127. The molecule has 8 heteroatoms. The minimum atomic E-state index is 0. The van der Waals surface area contributed by atoms with E-state index in [-0.39, 0.29) is 24.0 Å². The molecule has 0 saturated heterocycles. The van der Waals surface area contributed by atoms with E-state index in [9.17, 15) is 0 Å². The predicted molar refractivity (Wildman–Crippen MR) is 128 cm³/mol. The summed E-state index contributed by atoms with van der Waals surface area (Å²) in [7, 11) is 1.79. The summed E-state index contributed by atoms with van der Waals surface area (Å²) in [5, 5.41) is 15.7. The molecule has 29 heavy (non-hydrogen) atoms. The van der Waals surface area contributed by atoms with Crippen LogP contribution in [0.3, 0.4) is 0 Å². The first-order valence-corrected chi connectivity index (χ1v) is 9.60. The van der Waals surface area contributed by atoms with Gasteiger partial charge in [-0.05, 0) is 43.5 Å². The maximum atomic E-state index is 4.62. The zero-order chi connectivity index (χ0) is 19.9. The van der Waals surface area contributed by atoms with E-state index in [1.54, 1.807) is 13.2 Å². The molecule has 2 heterocycles. The van der Waals surface area contributed by atoms with Gasteiger partial charge in [-0.25, -0.2) is 4.68 Å². The number of para-hydroxylation sites is 1.